The van der Waals surface area contributed by atoms with Crippen molar-refractivity contribution in [3.63, 3.8) is 0 Å². The highest BCUT2D eigenvalue weighted by Gasteiger charge is 2.32. The summed E-state index contributed by atoms with van der Waals surface area (Å²) in [6.07, 6.45) is 0. The molecule has 0 aliphatic rings. The third-order valence-corrected chi connectivity index (χ3v) is 7.82. The number of carbonyl (C=O) groups excluding carboxylic acids is 2. The summed E-state index contributed by atoms with van der Waals surface area (Å²) in [6, 6.07) is 17.7. The average Bonchev–Trinajstić information content (AvgIpc) is 2.86. The minimum Gasteiger partial charge on any atom is -0.352 e. The Morgan fingerprint density at radius 1 is 0.895 bits per heavy atom. The van der Waals surface area contributed by atoms with Gasteiger partial charge in [0.05, 0.1) is 10.6 Å². The second kappa shape index (κ2) is 12.2. The Hall–Kier alpha value is -3.72. The normalized spacial score (nSPS) is 12.2. The number of benzene rings is 3. The van der Waals surface area contributed by atoms with E-state index in [0.717, 1.165) is 33.1 Å². The quantitative estimate of drug-likeness (QED) is 0.409. The summed E-state index contributed by atoms with van der Waals surface area (Å²) in [7, 11) is -4.19. The van der Waals surface area contributed by atoms with Crippen molar-refractivity contribution in [2.24, 2.45) is 0 Å². The van der Waals surface area contributed by atoms with Gasteiger partial charge in [0, 0.05) is 12.6 Å². The zero-order valence-corrected chi connectivity index (χ0v) is 23.1. The van der Waals surface area contributed by atoms with Crippen LogP contribution in [0.25, 0.3) is 0 Å². The lowest BCUT2D eigenvalue weighted by molar-refractivity contribution is -0.139. The molecule has 1 unspecified atom stereocenters. The smallest absolute Gasteiger partial charge is 0.264 e. The van der Waals surface area contributed by atoms with Gasteiger partial charge in [0.2, 0.25) is 11.8 Å². The van der Waals surface area contributed by atoms with Gasteiger partial charge in [-0.15, -0.1) is 0 Å². The van der Waals surface area contributed by atoms with Gasteiger partial charge < -0.3 is 10.2 Å². The van der Waals surface area contributed by atoms with Crippen LogP contribution in [-0.2, 0) is 26.2 Å². The first-order valence-corrected chi connectivity index (χ1v) is 13.8. The summed E-state index contributed by atoms with van der Waals surface area (Å²) in [5.74, 6) is -1.46. The number of hydrogen-bond acceptors (Lipinski definition) is 4. The molecule has 0 bridgehead atoms. The third-order valence-electron chi connectivity index (χ3n) is 6.04. The maximum Gasteiger partial charge on any atom is 0.264 e. The molecule has 0 aliphatic heterocycles. The second-order valence-corrected chi connectivity index (χ2v) is 11.5. The van der Waals surface area contributed by atoms with Crippen molar-refractivity contribution in [1.82, 2.24) is 10.2 Å². The minimum atomic E-state index is -4.19. The molecule has 9 heteroatoms. The maximum absolute atomic E-state index is 13.8. The van der Waals surface area contributed by atoms with Crippen LogP contribution >= 0.6 is 0 Å². The highest BCUT2D eigenvalue weighted by atomic mass is 32.2. The second-order valence-electron chi connectivity index (χ2n) is 9.65. The van der Waals surface area contributed by atoms with Crippen LogP contribution < -0.4 is 9.62 Å². The fourth-order valence-electron chi connectivity index (χ4n) is 3.97. The summed E-state index contributed by atoms with van der Waals surface area (Å²) in [5.41, 5.74) is 2.80. The zero-order valence-electron chi connectivity index (χ0n) is 22.3. The van der Waals surface area contributed by atoms with Gasteiger partial charge in [0.25, 0.3) is 10.0 Å². The third kappa shape index (κ3) is 7.19. The highest BCUT2D eigenvalue weighted by Crippen LogP contribution is 2.25. The van der Waals surface area contributed by atoms with Gasteiger partial charge in [0.1, 0.15) is 18.4 Å². The monoisotopic (exact) mass is 539 g/mol. The van der Waals surface area contributed by atoms with Crippen molar-refractivity contribution in [2.75, 3.05) is 10.8 Å². The zero-order chi connectivity index (χ0) is 28.0. The highest BCUT2D eigenvalue weighted by molar-refractivity contribution is 7.92. The Labute approximate surface area is 224 Å². The molecule has 0 aliphatic carbocycles. The predicted octanol–water partition coefficient (Wildman–Crippen LogP) is 4.58. The number of carbonyl (C=O) groups is 2. The van der Waals surface area contributed by atoms with Crippen molar-refractivity contribution in [2.45, 2.75) is 58.1 Å². The van der Waals surface area contributed by atoms with E-state index in [4.69, 9.17) is 0 Å². The lowest BCUT2D eigenvalue weighted by Gasteiger charge is -2.32. The van der Waals surface area contributed by atoms with Crippen LogP contribution in [0.5, 0.6) is 0 Å². The van der Waals surface area contributed by atoms with Gasteiger partial charge in [-0.1, -0.05) is 47.5 Å². The number of hydrogen-bond donors (Lipinski definition) is 1. The molecule has 3 aromatic carbocycles. The molecular weight excluding hydrogens is 505 g/mol. The molecule has 0 aromatic heterocycles. The van der Waals surface area contributed by atoms with Crippen LogP contribution in [0.2, 0.25) is 0 Å². The molecule has 0 spiro atoms. The van der Waals surface area contributed by atoms with E-state index in [1.54, 1.807) is 19.1 Å². The van der Waals surface area contributed by atoms with E-state index < -0.39 is 34.3 Å². The van der Waals surface area contributed by atoms with Gasteiger partial charge in [-0.05, 0) is 76.6 Å². The van der Waals surface area contributed by atoms with E-state index in [-0.39, 0.29) is 29.1 Å². The number of nitrogens with one attached hydrogen (secondary N) is 1. The molecule has 1 atom stereocenters. The number of halogens is 1. The van der Waals surface area contributed by atoms with E-state index in [2.05, 4.69) is 5.32 Å². The average molecular weight is 540 g/mol. The lowest BCUT2D eigenvalue weighted by Crippen LogP contribution is -2.52. The Morgan fingerprint density at radius 2 is 1.53 bits per heavy atom. The number of amides is 2. The van der Waals surface area contributed by atoms with Crippen molar-refractivity contribution < 1.29 is 22.4 Å². The summed E-state index contributed by atoms with van der Waals surface area (Å²) in [4.78, 5) is 28.1. The van der Waals surface area contributed by atoms with Crippen molar-refractivity contribution >= 4 is 27.5 Å². The number of rotatable bonds is 10. The van der Waals surface area contributed by atoms with E-state index in [0.29, 0.717) is 0 Å². The van der Waals surface area contributed by atoms with Crippen LogP contribution in [0.15, 0.2) is 77.7 Å². The molecule has 0 saturated carbocycles. The standard InChI is InChI=1S/C29H34FN3O4S/c1-20(2)31-29(35)23(5)32(18-24-8-6-7-22(4)17-24)28(34)19-33(26-13-11-25(30)12-14-26)38(36,37)27-15-9-21(3)10-16-27/h6-17,20,23H,18-19H2,1-5H3,(H,31,35). The topological polar surface area (TPSA) is 86.8 Å². The Bertz CT molecular complexity index is 1370. The molecule has 3 rings (SSSR count). The molecule has 38 heavy (non-hydrogen) atoms. The molecule has 0 heterocycles. The van der Waals surface area contributed by atoms with Crippen molar-refractivity contribution in [1.29, 1.82) is 0 Å². The fraction of sp³-hybridized carbons (Fsp3) is 0.310. The van der Waals surface area contributed by atoms with Crippen LogP contribution in [0, 0.1) is 19.7 Å². The van der Waals surface area contributed by atoms with Crippen molar-refractivity contribution in [3.8, 4) is 0 Å². The molecule has 1 N–H and O–H groups in total. The van der Waals surface area contributed by atoms with Gasteiger partial charge in [-0.2, -0.15) is 0 Å². The van der Waals surface area contributed by atoms with E-state index in [1.807, 2.05) is 52.0 Å². The number of anilines is 1. The van der Waals surface area contributed by atoms with Gasteiger partial charge in [-0.25, -0.2) is 12.8 Å². The molecule has 3 aromatic rings. The summed E-state index contributed by atoms with van der Waals surface area (Å²) in [5, 5.41) is 2.82. The summed E-state index contributed by atoms with van der Waals surface area (Å²) in [6.45, 7) is 8.55. The maximum atomic E-state index is 13.8. The predicted molar refractivity (Wildman–Crippen MR) is 147 cm³/mol. The molecule has 0 saturated heterocycles. The first-order chi connectivity index (χ1) is 17.9. The Morgan fingerprint density at radius 3 is 2.11 bits per heavy atom. The number of aryl methyl sites for hydroxylation is 2. The van der Waals surface area contributed by atoms with E-state index in [9.17, 15) is 22.4 Å². The largest absolute Gasteiger partial charge is 0.352 e. The number of sulfonamides is 1. The first kappa shape index (κ1) is 28.8. The Balaban J connectivity index is 2.02. The van der Waals surface area contributed by atoms with E-state index in [1.165, 1.54) is 29.2 Å². The van der Waals surface area contributed by atoms with Gasteiger partial charge >= 0.3 is 0 Å². The molecular formula is C29H34FN3O4S. The molecule has 7 nitrogen and oxygen atoms in total. The molecule has 2 amide bonds. The van der Waals surface area contributed by atoms with Gasteiger partial charge in [0.15, 0.2) is 0 Å². The summed E-state index contributed by atoms with van der Waals surface area (Å²) >= 11 is 0. The SMILES string of the molecule is Cc1ccc(S(=O)(=O)N(CC(=O)N(Cc2cccc(C)c2)C(C)C(=O)NC(C)C)c2ccc(F)cc2)cc1. The minimum absolute atomic E-state index is 0.00365. The Kier molecular flexibility index (Phi) is 9.27. The molecule has 202 valence electrons. The fourth-order valence-corrected chi connectivity index (χ4v) is 5.38. The lowest BCUT2D eigenvalue weighted by atomic mass is 10.1. The molecule has 0 radical (unpaired) electrons. The van der Waals surface area contributed by atoms with Crippen LogP contribution in [0.3, 0.4) is 0 Å². The number of nitrogens with zero attached hydrogens (tertiary/aromatic N) is 2. The molecule has 0 fully saturated rings. The van der Waals surface area contributed by atoms with Crippen molar-refractivity contribution in [3.05, 3.63) is 95.3 Å². The van der Waals surface area contributed by atoms with Crippen LogP contribution in [0.1, 0.15) is 37.5 Å². The van der Waals surface area contributed by atoms with Crippen LogP contribution in [0.4, 0.5) is 10.1 Å². The summed E-state index contributed by atoms with van der Waals surface area (Å²) < 4.78 is 42.1. The van der Waals surface area contributed by atoms with Crippen LogP contribution in [-0.4, -0.2) is 43.8 Å². The van der Waals surface area contributed by atoms with Gasteiger partial charge in [-0.3, -0.25) is 13.9 Å². The van der Waals surface area contributed by atoms with E-state index >= 15 is 0 Å². The first-order valence-electron chi connectivity index (χ1n) is 12.4.